The van der Waals surface area contributed by atoms with Gasteiger partial charge in [0.2, 0.25) is 0 Å². The maximum atomic E-state index is 11.1. The second-order valence-corrected chi connectivity index (χ2v) is 5.42. The van der Waals surface area contributed by atoms with E-state index in [1.54, 1.807) is 6.07 Å². The third-order valence-corrected chi connectivity index (χ3v) is 2.87. The van der Waals surface area contributed by atoms with Crippen LogP contribution in [0.4, 0.5) is 5.69 Å². The average molecular weight is 250 g/mol. The van der Waals surface area contributed by atoms with Crippen molar-refractivity contribution in [2.45, 2.75) is 4.90 Å². The topological polar surface area (TPSA) is 60.2 Å². The molecule has 1 aromatic rings. The van der Waals surface area contributed by atoms with Crippen molar-refractivity contribution in [2.24, 2.45) is 0 Å². The number of benzene rings is 1. The molecule has 0 atom stereocenters. The minimum atomic E-state index is -3.16. The van der Waals surface area contributed by atoms with E-state index >= 15 is 0 Å². The highest BCUT2D eigenvalue weighted by molar-refractivity contribution is 9.10. The first-order valence-corrected chi connectivity index (χ1v) is 5.84. The third kappa shape index (κ3) is 2.22. The Morgan fingerprint density at radius 3 is 2.33 bits per heavy atom. The van der Waals surface area contributed by atoms with E-state index in [4.69, 9.17) is 5.73 Å². The summed E-state index contributed by atoms with van der Waals surface area (Å²) in [5.41, 5.74) is 5.90. The molecule has 0 radical (unpaired) electrons. The number of nitrogens with two attached hydrogens (primary N) is 1. The van der Waals surface area contributed by atoms with Crippen molar-refractivity contribution in [3.05, 3.63) is 22.7 Å². The van der Waals surface area contributed by atoms with Crippen LogP contribution in [0.25, 0.3) is 0 Å². The smallest absolute Gasteiger partial charge is 0.175 e. The van der Waals surface area contributed by atoms with E-state index in [1.165, 1.54) is 12.1 Å². The molecule has 2 N–H and O–H groups in total. The lowest BCUT2D eigenvalue weighted by molar-refractivity contribution is 0.602. The molecule has 0 aromatic heterocycles. The van der Waals surface area contributed by atoms with Gasteiger partial charge >= 0.3 is 0 Å². The number of hydrogen-bond acceptors (Lipinski definition) is 3. The first kappa shape index (κ1) is 9.54. The van der Waals surface area contributed by atoms with Crippen molar-refractivity contribution in [1.29, 1.82) is 0 Å². The lowest BCUT2D eigenvalue weighted by atomic mass is 10.3. The van der Waals surface area contributed by atoms with E-state index in [-0.39, 0.29) is 4.90 Å². The fraction of sp³-hybridized carbons (Fsp3) is 0.143. The monoisotopic (exact) mass is 249 g/mol. The summed E-state index contributed by atoms with van der Waals surface area (Å²) in [4.78, 5) is 0.231. The van der Waals surface area contributed by atoms with Crippen molar-refractivity contribution in [2.75, 3.05) is 12.0 Å². The zero-order valence-corrected chi connectivity index (χ0v) is 8.81. The minimum absolute atomic E-state index is 0.231. The highest BCUT2D eigenvalue weighted by atomic mass is 79.9. The molecule has 1 aromatic carbocycles. The second kappa shape index (κ2) is 3.06. The Hall–Kier alpha value is -0.550. The van der Waals surface area contributed by atoms with Gasteiger partial charge in [-0.15, -0.1) is 0 Å². The first-order chi connectivity index (χ1) is 5.39. The summed E-state index contributed by atoms with van der Waals surface area (Å²) in [6.45, 7) is 0. The van der Waals surface area contributed by atoms with E-state index < -0.39 is 9.84 Å². The van der Waals surface area contributed by atoms with Crippen LogP contribution in [-0.2, 0) is 9.84 Å². The zero-order valence-electron chi connectivity index (χ0n) is 6.41. The Morgan fingerprint density at radius 2 is 1.92 bits per heavy atom. The summed E-state index contributed by atoms with van der Waals surface area (Å²) in [5, 5.41) is 0. The van der Waals surface area contributed by atoms with Gasteiger partial charge in [0.1, 0.15) is 0 Å². The molecule has 0 aliphatic heterocycles. The molecule has 66 valence electrons. The summed E-state index contributed by atoms with van der Waals surface area (Å²) in [7, 11) is -3.16. The van der Waals surface area contributed by atoms with Crippen LogP contribution >= 0.6 is 15.9 Å². The zero-order chi connectivity index (χ0) is 9.35. The van der Waals surface area contributed by atoms with E-state index in [0.717, 1.165) is 6.26 Å². The van der Waals surface area contributed by atoms with Crippen LogP contribution in [-0.4, -0.2) is 14.7 Å². The van der Waals surface area contributed by atoms with Crippen LogP contribution in [0.3, 0.4) is 0 Å². The van der Waals surface area contributed by atoms with Gasteiger partial charge in [-0.3, -0.25) is 0 Å². The van der Waals surface area contributed by atoms with Gasteiger partial charge in [0, 0.05) is 16.4 Å². The number of rotatable bonds is 1. The molecule has 0 heterocycles. The molecule has 0 aliphatic rings. The molecule has 0 saturated heterocycles. The lowest BCUT2D eigenvalue weighted by Crippen LogP contribution is -1.98. The lowest BCUT2D eigenvalue weighted by Gasteiger charge is -2.00. The molecule has 3 nitrogen and oxygen atoms in total. The average Bonchev–Trinajstić information content (AvgIpc) is 1.82. The van der Waals surface area contributed by atoms with Gasteiger partial charge in [-0.05, 0) is 18.2 Å². The predicted molar refractivity (Wildman–Crippen MR) is 51.7 cm³/mol. The Morgan fingerprint density at radius 1 is 1.33 bits per heavy atom. The number of halogens is 1. The molecule has 1 rings (SSSR count). The van der Waals surface area contributed by atoms with Crippen molar-refractivity contribution in [3.8, 4) is 0 Å². The Balaban J connectivity index is 3.37. The molecule has 0 aliphatic carbocycles. The molecule has 0 bridgehead atoms. The van der Waals surface area contributed by atoms with Gasteiger partial charge in [0.25, 0.3) is 0 Å². The third-order valence-electron chi connectivity index (χ3n) is 1.32. The number of anilines is 1. The molecule has 0 fully saturated rings. The largest absolute Gasteiger partial charge is 0.399 e. The highest BCUT2D eigenvalue weighted by Gasteiger charge is 2.07. The Bertz CT molecular complexity index is 380. The molecule has 5 heteroatoms. The van der Waals surface area contributed by atoms with Crippen molar-refractivity contribution in [3.63, 3.8) is 0 Å². The number of nitrogen functional groups attached to an aromatic ring is 1. The van der Waals surface area contributed by atoms with Gasteiger partial charge < -0.3 is 5.73 Å². The maximum absolute atomic E-state index is 11.1. The molecule has 12 heavy (non-hydrogen) atoms. The van der Waals surface area contributed by atoms with Crippen LogP contribution in [0.5, 0.6) is 0 Å². The van der Waals surface area contributed by atoms with E-state index in [0.29, 0.717) is 10.2 Å². The minimum Gasteiger partial charge on any atom is -0.399 e. The van der Waals surface area contributed by atoms with E-state index in [9.17, 15) is 8.42 Å². The van der Waals surface area contributed by atoms with Crippen LogP contribution < -0.4 is 5.73 Å². The summed E-state index contributed by atoms with van der Waals surface area (Å²) in [6.07, 6.45) is 1.15. The van der Waals surface area contributed by atoms with Gasteiger partial charge in [-0.2, -0.15) is 0 Å². The quantitative estimate of drug-likeness (QED) is 0.767. The van der Waals surface area contributed by atoms with Gasteiger partial charge in [-0.25, -0.2) is 8.42 Å². The van der Waals surface area contributed by atoms with E-state index in [1.807, 2.05) is 0 Å². The van der Waals surface area contributed by atoms with Crippen molar-refractivity contribution in [1.82, 2.24) is 0 Å². The second-order valence-electron chi connectivity index (χ2n) is 2.49. The molecule has 0 saturated carbocycles. The number of sulfone groups is 1. The summed E-state index contributed by atoms with van der Waals surface area (Å²) >= 11 is 3.16. The fourth-order valence-electron chi connectivity index (χ4n) is 0.798. The standard InChI is InChI=1S/C7H8BrNO2S/c1-12(10,11)7-3-5(8)2-6(9)4-7/h2-4H,9H2,1H3. The van der Waals surface area contributed by atoms with Gasteiger partial charge in [0.05, 0.1) is 4.90 Å². The van der Waals surface area contributed by atoms with E-state index in [2.05, 4.69) is 15.9 Å². The van der Waals surface area contributed by atoms with Crippen LogP contribution in [0.15, 0.2) is 27.6 Å². The van der Waals surface area contributed by atoms with Gasteiger partial charge in [-0.1, -0.05) is 15.9 Å². The molecule has 0 unspecified atom stereocenters. The first-order valence-electron chi connectivity index (χ1n) is 3.16. The van der Waals surface area contributed by atoms with Crippen molar-refractivity contribution >= 4 is 31.5 Å². The molecule has 0 amide bonds. The SMILES string of the molecule is CS(=O)(=O)c1cc(N)cc(Br)c1. The highest BCUT2D eigenvalue weighted by Crippen LogP contribution is 2.20. The summed E-state index contributed by atoms with van der Waals surface area (Å²) in [5.74, 6) is 0. The predicted octanol–water partition coefficient (Wildman–Crippen LogP) is 1.43. The Kier molecular flexibility index (Phi) is 2.44. The van der Waals surface area contributed by atoms with Gasteiger partial charge in [0.15, 0.2) is 9.84 Å². The fourth-order valence-corrected chi connectivity index (χ4v) is 2.15. The maximum Gasteiger partial charge on any atom is 0.175 e. The van der Waals surface area contributed by atoms with Crippen LogP contribution in [0.1, 0.15) is 0 Å². The van der Waals surface area contributed by atoms with Crippen molar-refractivity contribution < 1.29 is 8.42 Å². The summed E-state index contributed by atoms with van der Waals surface area (Å²) < 4.78 is 22.8. The molecule has 0 spiro atoms. The summed E-state index contributed by atoms with van der Waals surface area (Å²) in [6, 6.07) is 4.60. The van der Waals surface area contributed by atoms with Crippen LogP contribution in [0, 0.1) is 0 Å². The Labute approximate surface area is 79.6 Å². The molecular formula is C7H8BrNO2S. The normalized spacial score (nSPS) is 11.5. The van der Waals surface area contributed by atoms with Crippen LogP contribution in [0.2, 0.25) is 0 Å². The number of hydrogen-bond donors (Lipinski definition) is 1. The molecular weight excluding hydrogens is 242 g/mol.